The molecule has 0 spiro atoms. The SMILES string of the molecule is Cc1nnc(SCC2=C(C(=O)O)N3C(=O)C(NC(=O)C(N)c4ccccc4)[C@@H]3SC2)s1.O=C(O)C(F)(F)F. The number of halogens is 3. The highest BCUT2D eigenvalue weighted by molar-refractivity contribution is 8.01. The van der Waals surface area contributed by atoms with Crippen LogP contribution < -0.4 is 11.1 Å². The Morgan fingerprint density at radius 3 is 2.39 bits per heavy atom. The number of carboxylic acid groups (broad SMARTS) is 2. The number of alkyl halides is 3. The number of fused-ring (bicyclic) bond motifs is 1. The third-order valence-electron chi connectivity index (χ3n) is 5.11. The normalized spacial score (nSPS) is 19.5. The average molecular weight is 592 g/mol. The minimum atomic E-state index is -5.08. The van der Waals surface area contributed by atoms with Crippen LogP contribution in [0.5, 0.6) is 0 Å². The molecule has 1 fully saturated rings. The van der Waals surface area contributed by atoms with E-state index in [1.807, 2.05) is 13.0 Å². The van der Waals surface area contributed by atoms with Gasteiger partial charge in [0.2, 0.25) is 5.91 Å². The molecular formula is C21H20F3N5O6S3. The van der Waals surface area contributed by atoms with Crippen molar-refractivity contribution in [1.82, 2.24) is 20.4 Å². The summed E-state index contributed by atoms with van der Waals surface area (Å²) >= 11 is 4.26. The Kier molecular flexibility index (Phi) is 9.40. The monoisotopic (exact) mass is 591 g/mol. The summed E-state index contributed by atoms with van der Waals surface area (Å²) in [5, 5.41) is 27.9. The molecular weight excluding hydrogens is 571 g/mol. The second-order valence-corrected chi connectivity index (χ2v) is 11.2. The summed E-state index contributed by atoms with van der Waals surface area (Å²) < 4.78 is 32.5. The molecule has 3 heterocycles. The van der Waals surface area contributed by atoms with Crippen molar-refractivity contribution in [2.45, 2.75) is 34.9 Å². The lowest BCUT2D eigenvalue weighted by molar-refractivity contribution is -0.192. The summed E-state index contributed by atoms with van der Waals surface area (Å²) in [6, 6.07) is 7.15. The fourth-order valence-electron chi connectivity index (χ4n) is 3.33. The van der Waals surface area contributed by atoms with Crippen LogP contribution in [-0.2, 0) is 19.2 Å². The third-order valence-corrected chi connectivity index (χ3v) is 8.51. The zero-order valence-corrected chi connectivity index (χ0v) is 21.8. The first-order valence-corrected chi connectivity index (χ1v) is 13.4. The van der Waals surface area contributed by atoms with Gasteiger partial charge in [-0.05, 0) is 18.1 Å². The van der Waals surface area contributed by atoms with Crippen LogP contribution in [0.3, 0.4) is 0 Å². The molecule has 3 atom stereocenters. The van der Waals surface area contributed by atoms with Crippen LogP contribution in [0.1, 0.15) is 16.6 Å². The molecule has 2 aliphatic rings. The molecule has 5 N–H and O–H groups in total. The van der Waals surface area contributed by atoms with E-state index < -0.39 is 47.4 Å². The summed E-state index contributed by atoms with van der Waals surface area (Å²) in [7, 11) is 0. The van der Waals surface area contributed by atoms with E-state index >= 15 is 0 Å². The molecule has 204 valence electrons. The van der Waals surface area contributed by atoms with E-state index in [4.69, 9.17) is 15.6 Å². The highest BCUT2D eigenvalue weighted by Gasteiger charge is 2.54. The van der Waals surface area contributed by atoms with Gasteiger partial charge in [0.15, 0.2) is 4.34 Å². The van der Waals surface area contributed by atoms with Crippen molar-refractivity contribution in [2.24, 2.45) is 5.73 Å². The van der Waals surface area contributed by atoms with Crippen molar-refractivity contribution in [3.8, 4) is 0 Å². The van der Waals surface area contributed by atoms with Gasteiger partial charge in [-0.25, -0.2) is 9.59 Å². The first-order chi connectivity index (χ1) is 17.8. The highest BCUT2D eigenvalue weighted by Crippen LogP contribution is 2.42. The summed E-state index contributed by atoms with van der Waals surface area (Å²) in [5.74, 6) is -4.00. The van der Waals surface area contributed by atoms with Gasteiger partial charge in [0.05, 0.1) is 0 Å². The van der Waals surface area contributed by atoms with Crippen LogP contribution in [0.25, 0.3) is 0 Å². The number of nitrogens with two attached hydrogens (primary N) is 1. The molecule has 2 aliphatic heterocycles. The number of rotatable bonds is 7. The van der Waals surface area contributed by atoms with E-state index in [1.165, 1.54) is 39.8 Å². The van der Waals surface area contributed by atoms with Gasteiger partial charge in [0, 0.05) is 11.5 Å². The molecule has 1 aromatic heterocycles. The van der Waals surface area contributed by atoms with Crippen molar-refractivity contribution >= 4 is 58.6 Å². The minimum Gasteiger partial charge on any atom is -0.477 e. The zero-order valence-electron chi connectivity index (χ0n) is 19.3. The molecule has 0 bridgehead atoms. The lowest BCUT2D eigenvalue weighted by Crippen LogP contribution is -2.71. The smallest absolute Gasteiger partial charge is 0.477 e. The van der Waals surface area contributed by atoms with Gasteiger partial charge in [-0.2, -0.15) is 13.2 Å². The number of nitrogens with one attached hydrogen (secondary N) is 1. The van der Waals surface area contributed by atoms with E-state index in [1.54, 1.807) is 24.3 Å². The largest absolute Gasteiger partial charge is 0.490 e. The van der Waals surface area contributed by atoms with Gasteiger partial charge in [0.25, 0.3) is 5.91 Å². The highest BCUT2D eigenvalue weighted by atomic mass is 32.2. The molecule has 0 radical (unpaired) electrons. The average Bonchev–Trinajstić information content (AvgIpc) is 3.29. The molecule has 4 rings (SSSR count). The van der Waals surface area contributed by atoms with Gasteiger partial charge in [-0.15, -0.1) is 22.0 Å². The zero-order chi connectivity index (χ0) is 28.2. The molecule has 2 aromatic rings. The second kappa shape index (κ2) is 12.1. The van der Waals surface area contributed by atoms with Crippen molar-refractivity contribution in [2.75, 3.05) is 11.5 Å². The maximum Gasteiger partial charge on any atom is 0.490 e. The van der Waals surface area contributed by atoms with E-state index in [0.717, 1.165) is 9.35 Å². The molecule has 17 heteroatoms. The van der Waals surface area contributed by atoms with E-state index in [2.05, 4.69) is 15.5 Å². The number of benzene rings is 1. The van der Waals surface area contributed by atoms with E-state index in [-0.39, 0.29) is 5.70 Å². The molecule has 11 nitrogen and oxygen atoms in total. The maximum absolute atomic E-state index is 12.8. The molecule has 0 saturated carbocycles. The standard InChI is InChI=1S/C19H19N5O4S3.C2HF3O2/c1-9-22-23-19(31-9)30-8-11-7-29-17-13(16(26)24(17)14(11)18(27)28)21-15(25)12(20)10-5-3-2-4-6-10;3-2(4,5)1(6)7/h2-6,12-13,17H,7-8,20H2,1H3,(H,21,25)(H,27,28);(H,6,7)/t12?,13?,17-;/m0./s1. The summed E-state index contributed by atoms with van der Waals surface area (Å²) in [4.78, 5) is 47.4. The Balaban J connectivity index is 0.000000505. The van der Waals surface area contributed by atoms with Crippen LogP contribution in [0.2, 0.25) is 0 Å². The van der Waals surface area contributed by atoms with E-state index in [9.17, 15) is 32.7 Å². The van der Waals surface area contributed by atoms with Crippen LogP contribution in [-0.4, -0.2) is 78.2 Å². The van der Waals surface area contributed by atoms with Crippen LogP contribution in [0.4, 0.5) is 13.2 Å². The molecule has 0 aliphatic carbocycles. The Labute approximate surface area is 225 Å². The fourth-order valence-corrected chi connectivity index (χ4v) is 6.64. The van der Waals surface area contributed by atoms with Gasteiger partial charge in [-0.3, -0.25) is 14.5 Å². The number of carbonyl (C=O) groups is 4. The predicted molar refractivity (Wildman–Crippen MR) is 132 cm³/mol. The molecule has 2 unspecified atom stereocenters. The van der Waals surface area contributed by atoms with Gasteiger partial charge < -0.3 is 21.3 Å². The number of thioether (sulfide) groups is 2. The topological polar surface area (TPSA) is 176 Å². The summed E-state index contributed by atoms with van der Waals surface area (Å²) in [5.41, 5.74) is 7.28. The van der Waals surface area contributed by atoms with Crippen LogP contribution >= 0.6 is 34.9 Å². The molecule has 2 amide bonds. The summed E-state index contributed by atoms with van der Waals surface area (Å²) in [6.07, 6.45) is -5.08. The number of aromatic nitrogens is 2. The Morgan fingerprint density at radius 1 is 1.24 bits per heavy atom. The van der Waals surface area contributed by atoms with Gasteiger partial charge in [-0.1, -0.05) is 53.4 Å². The molecule has 38 heavy (non-hydrogen) atoms. The summed E-state index contributed by atoms with van der Waals surface area (Å²) in [6.45, 7) is 1.85. The second-order valence-electron chi connectivity index (χ2n) is 7.72. The Hall–Kier alpha value is -3.15. The van der Waals surface area contributed by atoms with E-state index in [0.29, 0.717) is 22.6 Å². The first-order valence-electron chi connectivity index (χ1n) is 10.5. The van der Waals surface area contributed by atoms with Crippen molar-refractivity contribution < 1.29 is 42.6 Å². The number of aryl methyl sites for hydroxylation is 1. The number of carboxylic acids is 2. The van der Waals surface area contributed by atoms with Crippen molar-refractivity contribution in [3.63, 3.8) is 0 Å². The minimum absolute atomic E-state index is 0.0136. The first kappa shape index (κ1) is 29.4. The number of carbonyl (C=O) groups excluding carboxylic acids is 2. The van der Waals surface area contributed by atoms with Crippen molar-refractivity contribution in [3.05, 3.63) is 52.2 Å². The van der Waals surface area contributed by atoms with Crippen molar-refractivity contribution in [1.29, 1.82) is 0 Å². The number of hydrogen-bond acceptors (Lipinski definition) is 10. The molecule has 1 aromatic carbocycles. The quantitative estimate of drug-likeness (QED) is 0.274. The number of nitrogens with zero attached hydrogens (tertiary/aromatic N) is 3. The van der Waals surface area contributed by atoms with Crippen LogP contribution in [0, 0.1) is 6.92 Å². The number of β-lactam (4-membered cyclic amide) rings is 1. The fraction of sp³-hybridized carbons (Fsp3) is 0.333. The van der Waals surface area contributed by atoms with Gasteiger partial charge >= 0.3 is 18.1 Å². The lowest BCUT2D eigenvalue weighted by Gasteiger charge is -2.49. The predicted octanol–water partition coefficient (Wildman–Crippen LogP) is 2.01. The molecule has 1 saturated heterocycles. The van der Waals surface area contributed by atoms with Crippen LogP contribution in [0.15, 0.2) is 45.9 Å². The van der Waals surface area contributed by atoms with Gasteiger partial charge in [0.1, 0.15) is 28.2 Å². The third kappa shape index (κ3) is 6.83. The Morgan fingerprint density at radius 2 is 1.87 bits per heavy atom. The Bertz CT molecular complexity index is 1260. The maximum atomic E-state index is 12.8. The number of hydrogen-bond donors (Lipinski definition) is 4. The number of aliphatic carboxylic acids is 2. The number of amides is 2. The lowest BCUT2D eigenvalue weighted by atomic mass is 10.0.